The van der Waals surface area contributed by atoms with E-state index in [2.05, 4.69) is 54.1 Å². The molecule has 1 aromatic heterocycles. The molecular weight excluding hydrogens is 372 g/mol. The minimum Gasteiger partial charge on any atom is -0.478 e. The van der Waals surface area contributed by atoms with Crippen LogP contribution in [0.5, 0.6) is 0 Å². The second kappa shape index (κ2) is 8.41. The summed E-state index contributed by atoms with van der Waals surface area (Å²) in [7, 11) is 0. The van der Waals surface area contributed by atoms with Gasteiger partial charge in [-0.05, 0) is 70.8 Å². The van der Waals surface area contributed by atoms with E-state index in [4.69, 9.17) is 0 Å². The molecule has 0 unspecified atom stereocenters. The second-order valence-electron chi connectivity index (χ2n) is 8.62. The number of hydrogen-bond donors (Lipinski definition) is 1. The number of carboxylic acid groups (broad SMARTS) is 1. The van der Waals surface area contributed by atoms with Crippen LogP contribution in [0.25, 0.3) is 11.1 Å². The summed E-state index contributed by atoms with van der Waals surface area (Å²) in [6.45, 7) is 7.50. The molecule has 1 saturated heterocycles. The highest BCUT2D eigenvalue weighted by molar-refractivity contribution is 5.87. The zero-order valence-corrected chi connectivity index (χ0v) is 17.6. The standard InChI is InChI=1S/C26H28N2O2/c1-19-17-28(15-12-26(19,2)24-5-3-4-23(16-24)25(29)30)18-20-6-8-21(9-7-20)22-10-13-27-14-11-22/h3-11,13-14,16,19H,12,15,17-18H2,1-2H3,(H,29,30)/t19-,26+/m0/s1. The Balaban J connectivity index is 1.43. The van der Waals surface area contributed by atoms with Gasteiger partial charge in [0, 0.05) is 25.5 Å². The minimum atomic E-state index is -0.860. The van der Waals surface area contributed by atoms with Gasteiger partial charge in [0.1, 0.15) is 0 Å². The molecule has 154 valence electrons. The van der Waals surface area contributed by atoms with Gasteiger partial charge in [-0.15, -0.1) is 0 Å². The van der Waals surface area contributed by atoms with Gasteiger partial charge in [0.15, 0.2) is 0 Å². The molecule has 0 radical (unpaired) electrons. The van der Waals surface area contributed by atoms with E-state index in [1.54, 1.807) is 6.07 Å². The molecule has 4 heteroatoms. The van der Waals surface area contributed by atoms with Crippen molar-refractivity contribution in [3.8, 4) is 11.1 Å². The summed E-state index contributed by atoms with van der Waals surface area (Å²) in [6, 6.07) is 20.3. The molecule has 2 aromatic carbocycles. The van der Waals surface area contributed by atoms with Gasteiger partial charge < -0.3 is 5.11 Å². The highest BCUT2D eigenvalue weighted by atomic mass is 16.4. The Kier molecular flexibility index (Phi) is 5.69. The maximum atomic E-state index is 11.4. The van der Waals surface area contributed by atoms with Gasteiger partial charge in [-0.25, -0.2) is 4.79 Å². The van der Waals surface area contributed by atoms with E-state index < -0.39 is 5.97 Å². The molecule has 2 heterocycles. The lowest BCUT2D eigenvalue weighted by molar-refractivity contribution is 0.0696. The molecular formula is C26H28N2O2. The van der Waals surface area contributed by atoms with E-state index in [0.29, 0.717) is 11.5 Å². The van der Waals surface area contributed by atoms with Crippen LogP contribution in [0.15, 0.2) is 73.1 Å². The van der Waals surface area contributed by atoms with Crippen LogP contribution >= 0.6 is 0 Å². The fraction of sp³-hybridized carbons (Fsp3) is 0.308. The number of aromatic carboxylic acids is 1. The normalized spacial score (nSPS) is 22.0. The highest BCUT2D eigenvalue weighted by Crippen LogP contribution is 2.40. The number of carbonyl (C=O) groups is 1. The minimum absolute atomic E-state index is 0.00678. The number of hydrogen-bond acceptors (Lipinski definition) is 3. The lowest BCUT2D eigenvalue weighted by Gasteiger charge is -2.45. The molecule has 0 amide bonds. The van der Waals surface area contributed by atoms with Crippen molar-refractivity contribution in [1.29, 1.82) is 0 Å². The van der Waals surface area contributed by atoms with E-state index in [9.17, 15) is 9.90 Å². The fourth-order valence-corrected chi connectivity index (χ4v) is 4.50. The van der Waals surface area contributed by atoms with E-state index in [1.807, 2.05) is 36.7 Å². The number of benzene rings is 2. The van der Waals surface area contributed by atoms with E-state index in [-0.39, 0.29) is 5.41 Å². The van der Waals surface area contributed by atoms with Crippen molar-refractivity contribution >= 4 is 5.97 Å². The van der Waals surface area contributed by atoms with Crippen LogP contribution in [-0.4, -0.2) is 34.0 Å². The Hall–Kier alpha value is -2.98. The summed E-state index contributed by atoms with van der Waals surface area (Å²) in [5, 5.41) is 9.34. The Bertz CT molecular complexity index is 1020. The molecule has 30 heavy (non-hydrogen) atoms. The number of piperidine rings is 1. The van der Waals surface area contributed by atoms with Crippen molar-refractivity contribution < 1.29 is 9.90 Å². The molecule has 0 bridgehead atoms. The van der Waals surface area contributed by atoms with Crippen LogP contribution in [0.1, 0.15) is 41.8 Å². The maximum absolute atomic E-state index is 11.4. The van der Waals surface area contributed by atoms with Gasteiger partial charge in [-0.2, -0.15) is 0 Å². The fourth-order valence-electron chi connectivity index (χ4n) is 4.50. The zero-order chi connectivity index (χ0) is 21.1. The van der Waals surface area contributed by atoms with Gasteiger partial charge in [0.25, 0.3) is 0 Å². The van der Waals surface area contributed by atoms with Gasteiger partial charge in [-0.3, -0.25) is 9.88 Å². The average Bonchev–Trinajstić information content (AvgIpc) is 2.77. The predicted octanol–water partition coefficient (Wildman–Crippen LogP) is 5.25. The summed E-state index contributed by atoms with van der Waals surface area (Å²) in [6.07, 6.45) is 4.66. The van der Waals surface area contributed by atoms with Crippen LogP contribution in [0.4, 0.5) is 0 Å². The summed E-state index contributed by atoms with van der Waals surface area (Å²) < 4.78 is 0. The van der Waals surface area contributed by atoms with Crippen LogP contribution < -0.4 is 0 Å². The predicted molar refractivity (Wildman–Crippen MR) is 119 cm³/mol. The van der Waals surface area contributed by atoms with Gasteiger partial charge >= 0.3 is 5.97 Å². The van der Waals surface area contributed by atoms with Crippen molar-refractivity contribution in [2.24, 2.45) is 5.92 Å². The summed E-state index contributed by atoms with van der Waals surface area (Å²) in [5.74, 6) is -0.424. The van der Waals surface area contributed by atoms with Crippen molar-refractivity contribution in [3.05, 3.63) is 89.7 Å². The van der Waals surface area contributed by atoms with Crippen LogP contribution in [-0.2, 0) is 12.0 Å². The van der Waals surface area contributed by atoms with Gasteiger partial charge in [0.2, 0.25) is 0 Å². The number of rotatable bonds is 5. The monoisotopic (exact) mass is 400 g/mol. The summed E-state index contributed by atoms with van der Waals surface area (Å²) in [5.41, 5.74) is 5.21. The molecule has 0 saturated carbocycles. The van der Waals surface area contributed by atoms with Gasteiger partial charge in [0.05, 0.1) is 5.56 Å². The molecule has 1 aliphatic heterocycles. The molecule has 1 aliphatic rings. The number of carboxylic acids is 1. The topological polar surface area (TPSA) is 53.4 Å². The van der Waals surface area contributed by atoms with E-state index in [1.165, 1.54) is 16.7 Å². The molecule has 0 spiro atoms. The molecule has 0 aliphatic carbocycles. The van der Waals surface area contributed by atoms with Crippen LogP contribution in [0, 0.1) is 5.92 Å². The SMILES string of the molecule is C[C@H]1CN(Cc2ccc(-c3ccncc3)cc2)CC[C@@]1(C)c1cccc(C(=O)O)c1. The van der Waals surface area contributed by atoms with Crippen LogP contribution in [0.3, 0.4) is 0 Å². The Labute approximate surface area is 178 Å². The Morgan fingerprint density at radius 3 is 2.47 bits per heavy atom. The molecule has 2 atom stereocenters. The molecule has 4 rings (SSSR count). The number of pyridine rings is 1. The summed E-state index contributed by atoms with van der Waals surface area (Å²) in [4.78, 5) is 18.0. The van der Waals surface area contributed by atoms with E-state index in [0.717, 1.165) is 31.6 Å². The first-order valence-electron chi connectivity index (χ1n) is 10.5. The highest BCUT2D eigenvalue weighted by Gasteiger charge is 2.38. The molecule has 3 aromatic rings. The smallest absolute Gasteiger partial charge is 0.335 e. The van der Waals surface area contributed by atoms with Crippen molar-refractivity contribution in [2.45, 2.75) is 32.2 Å². The lowest BCUT2D eigenvalue weighted by atomic mass is 9.68. The molecule has 4 nitrogen and oxygen atoms in total. The number of likely N-dealkylation sites (tertiary alicyclic amines) is 1. The van der Waals surface area contributed by atoms with E-state index >= 15 is 0 Å². The number of aromatic nitrogens is 1. The lowest BCUT2D eigenvalue weighted by Crippen LogP contribution is -2.47. The zero-order valence-electron chi connectivity index (χ0n) is 17.6. The number of nitrogens with zero attached hydrogens (tertiary/aromatic N) is 2. The van der Waals surface area contributed by atoms with Crippen molar-refractivity contribution in [1.82, 2.24) is 9.88 Å². The van der Waals surface area contributed by atoms with Crippen molar-refractivity contribution in [3.63, 3.8) is 0 Å². The van der Waals surface area contributed by atoms with Gasteiger partial charge in [-0.1, -0.05) is 50.2 Å². The third-order valence-electron chi connectivity index (χ3n) is 6.71. The first-order valence-corrected chi connectivity index (χ1v) is 10.5. The second-order valence-corrected chi connectivity index (χ2v) is 8.62. The van der Waals surface area contributed by atoms with Crippen LogP contribution in [0.2, 0.25) is 0 Å². The molecule has 1 fully saturated rings. The first kappa shape index (κ1) is 20.3. The summed E-state index contributed by atoms with van der Waals surface area (Å²) >= 11 is 0. The largest absolute Gasteiger partial charge is 0.478 e. The van der Waals surface area contributed by atoms with Crippen molar-refractivity contribution in [2.75, 3.05) is 13.1 Å². The molecule has 1 N–H and O–H groups in total. The first-order chi connectivity index (χ1) is 14.5. The Morgan fingerprint density at radius 1 is 1.10 bits per heavy atom. The Morgan fingerprint density at radius 2 is 1.80 bits per heavy atom. The maximum Gasteiger partial charge on any atom is 0.335 e. The quantitative estimate of drug-likeness (QED) is 0.636. The third kappa shape index (κ3) is 4.14. The average molecular weight is 401 g/mol. The third-order valence-corrected chi connectivity index (χ3v) is 6.71.